The minimum atomic E-state index is -0.834. The van der Waals surface area contributed by atoms with Crippen LogP contribution in [0, 0.1) is 0 Å². The number of benzene rings is 3. The fourth-order valence-electron chi connectivity index (χ4n) is 4.83. The standard InChI is InChI=1S/C34H36N2O2S/c1-23(37)34(5,6)32-31(39-33(2,3)4)28-20-27(18-19-30(28)36(32)21-24-12-8-7-9-13-24)38-22-26-17-16-25-14-10-11-15-29(25)35-26/h7-20H,21-22H2,1-6H3/i1T. The van der Waals surface area contributed by atoms with E-state index in [1.807, 2.05) is 62.4 Å². The van der Waals surface area contributed by atoms with Crippen molar-refractivity contribution in [2.45, 2.75) is 69.7 Å². The number of hydrogen-bond donors (Lipinski definition) is 0. The van der Waals surface area contributed by atoms with Gasteiger partial charge in [0, 0.05) is 39.5 Å². The summed E-state index contributed by atoms with van der Waals surface area (Å²) in [6.45, 7) is 11.2. The van der Waals surface area contributed by atoms with E-state index in [0.29, 0.717) is 13.2 Å². The van der Waals surface area contributed by atoms with Gasteiger partial charge in [0.2, 0.25) is 0 Å². The monoisotopic (exact) mass is 538 g/mol. The molecule has 0 saturated heterocycles. The molecular weight excluding hydrogens is 500 g/mol. The molecule has 2 heterocycles. The van der Waals surface area contributed by atoms with Crippen LogP contribution in [0.4, 0.5) is 0 Å². The number of carbonyl (C=O) groups excluding carboxylic acids is 1. The average molecular weight is 539 g/mol. The summed E-state index contributed by atoms with van der Waals surface area (Å²) in [6, 6.07) is 28.7. The molecule has 0 spiro atoms. The van der Waals surface area contributed by atoms with Crippen LogP contribution in [0.2, 0.25) is 0 Å². The summed E-state index contributed by atoms with van der Waals surface area (Å²) in [4.78, 5) is 19.0. The maximum atomic E-state index is 13.2. The largest absolute Gasteiger partial charge is 0.487 e. The van der Waals surface area contributed by atoms with E-state index < -0.39 is 5.41 Å². The molecule has 5 rings (SSSR count). The maximum Gasteiger partial charge on any atom is 0.141 e. The Kier molecular flexibility index (Phi) is 6.94. The zero-order valence-corrected chi connectivity index (χ0v) is 24.1. The van der Waals surface area contributed by atoms with Crippen molar-refractivity contribution in [1.82, 2.24) is 9.55 Å². The fourth-order valence-corrected chi connectivity index (χ4v) is 6.18. The van der Waals surface area contributed by atoms with Crippen LogP contribution >= 0.6 is 11.8 Å². The molecule has 0 aliphatic rings. The summed E-state index contributed by atoms with van der Waals surface area (Å²) >= 11 is 1.77. The number of thioether (sulfide) groups is 1. The van der Waals surface area contributed by atoms with Gasteiger partial charge < -0.3 is 9.30 Å². The van der Waals surface area contributed by atoms with Crippen molar-refractivity contribution in [2.24, 2.45) is 0 Å². The molecule has 0 aliphatic heterocycles. The molecule has 0 radical (unpaired) electrons. The van der Waals surface area contributed by atoms with Crippen molar-refractivity contribution in [3.05, 3.63) is 102 Å². The third-order valence-corrected chi connectivity index (χ3v) is 8.14. The van der Waals surface area contributed by atoms with Gasteiger partial charge in [-0.15, -0.1) is 11.8 Å². The molecule has 0 fully saturated rings. The number of hydrogen-bond acceptors (Lipinski definition) is 4. The Balaban J connectivity index is 1.62. The predicted octanol–water partition coefficient (Wildman–Crippen LogP) is 8.57. The van der Waals surface area contributed by atoms with Crippen molar-refractivity contribution >= 4 is 39.4 Å². The van der Waals surface area contributed by atoms with E-state index >= 15 is 0 Å². The van der Waals surface area contributed by atoms with E-state index in [9.17, 15) is 4.79 Å². The second kappa shape index (κ2) is 10.5. The Morgan fingerprint density at radius 1 is 0.949 bits per heavy atom. The number of fused-ring (bicyclic) bond motifs is 2. The number of Topliss-reactive ketones (excluding diaryl/α,β-unsaturated/α-hetero) is 1. The van der Waals surface area contributed by atoms with Crippen LogP contribution in [0.1, 0.15) is 59.8 Å². The molecule has 0 saturated carbocycles. The van der Waals surface area contributed by atoms with Crippen LogP contribution in [0.5, 0.6) is 5.75 Å². The summed E-state index contributed by atoms with van der Waals surface area (Å²) in [5, 5.41) is 2.16. The van der Waals surface area contributed by atoms with Crippen molar-refractivity contribution in [3.8, 4) is 5.75 Å². The molecule has 2 aromatic heterocycles. The van der Waals surface area contributed by atoms with Gasteiger partial charge in [-0.05, 0) is 56.6 Å². The molecule has 0 aliphatic carbocycles. The molecule has 0 N–H and O–H groups in total. The molecule has 5 heteroatoms. The summed E-state index contributed by atoms with van der Waals surface area (Å²) < 4.78 is 16.4. The Morgan fingerprint density at radius 2 is 1.69 bits per heavy atom. The van der Waals surface area contributed by atoms with E-state index in [0.717, 1.165) is 49.4 Å². The number of nitrogens with zero attached hydrogens (tertiary/aromatic N) is 2. The van der Waals surface area contributed by atoms with Crippen molar-refractivity contribution in [2.75, 3.05) is 0 Å². The highest BCUT2D eigenvalue weighted by Gasteiger charge is 2.36. The Morgan fingerprint density at radius 3 is 2.44 bits per heavy atom. The maximum absolute atomic E-state index is 13.2. The Labute approximate surface area is 236 Å². The summed E-state index contributed by atoms with van der Waals surface area (Å²) in [7, 11) is 0. The zero-order valence-electron chi connectivity index (χ0n) is 24.3. The first-order valence-corrected chi connectivity index (χ1v) is 14.1. The van der Waals surface area contributed by atoms with E-state index in [4.69, 9.17) is 11.1 Å². The van der Waals surface area contributed by atoms with E-state index in [1.54, 1.807) is 11.8 Å². The predicted molar refractivity (Wildman–Crippen MR) is 163 cm³/mol. The van der Waals surface area contributed by atoms with Crippen LogP contribution < -0.4 is 4.74 Å². The minimum Gasteiger partial charge on any atom is -0.487 e. The fraction of sp³-hybridized carbons (Fsp3) is 0.294. The van der Waals surface area contributed by atoms with Crippen molar-refractivity contribution < 1.29 is 10.9 Å². The van der Waals surface area contributed by atoms with Crippen LogP contribution in [0.3, 0.4) is 0 Å². The number of para-hydroxylation sites is 1. The summed E-state index contributed by atoms with van der Waals surface area (Å²) in [5.41, 5.74) is 4.15. The summed E-state index contributed by atoms with van der Waals surface area (Å²) in [5.74, 6) is 0.658. The number of aromatic nitrogens is 2. The molecule has 4 nitrogen and oxygen atoms in total. The first kappa shape index (κ1) is 25.7. The number of carbonyl (C=O) groups is 1. The lowest BCUT2D eigenvalue weighted by molar-refractivity contribution is -0.121. The highest BCUT2D eigenvalue weighted by atomic mass is 32.2. The van der Waals surface area contributed by atoms with Gasteiger partial charge in [-0.25, -0.2) is 4.98 Å². The van der Waals surface area contributed by atoms with E-state index in [-0.39, 0.29) is 17.4 Å². The number of ketones is 1. The SMILES string of the molecule is [3H]CC(=O)C(C)(C)c1c(SC(C)(C)C)c2cc(OCc3ccc4ccccc4n3)ccc2n1Cc1ccccc1. The lowest BCUT2D eigenvalue weighted by atomic mass is 9.85. The Hall–Kier alpha value is -3.57. The van der Waals surface area contributed by atoms with Gasteiger partial charge in [0.05, 0.1) is 16.6 Å². The highest BCUT2D eigenvalue weighted by Crippen LogP contribution is 2.46. The van der Waals surface area contributed by atoms with E-state index in [1.165, 1.54) is 0 Å². The second-order valence-electron chi connectivity index (χ2n) is 11.5. The lowest BCUT2D eigenvalue weighted by Crippen LogP contribution is -2.30. The quantitative estimate of drug-likeness (QED) is 0.186. The second-order valence-corrected chi connectivity index (χ2v) is 13.3. The van der Waals surface area contributed by atoms with E-state index in [2.05, 4.69) is 61.7 Å². The van der Waals surface area contributed by atoms with Gasteiger partial charge in [-0.2, -0.15) is 0 Å². The number of ether oxygens (including phenoxy) is 1. The molecule has 0 atom stereocenters. The van der Waals surface area contributed by atoms with Crippen LogP contribution in [-0.4, -0.2) is 20.1 Å². The van der Waals surface area contributed by atoms with Gasteiger partial charge in [0.1, 0.15) is 18.1 Å². The number of rotatable bonds is 8. The van der Waals surface area contributed by atoms with Crippen LogP contribution in [-0.2, 0) is 23.4 Å². The normalized spacial score (nSPS) is 12.6. The van der Waals surface area contributed by atoms with Crippen LogP contribution in [0.15, 0.2) is 89.8 Å². The zero-order chi connectivity index (χ0) is 28.5. The molecule has 0 bridgehead atoms. The summed E-state index contributed by atoms with van der Waals surface area (Å²) in [6.07, 6.45) is 0. The van der Waals surface area contributed by atoms with Gasteiger partial charge in [-0.3, -0.25) is 4.79 Å². The minimum absolute atomic E-state index is 0.0907. The smallest absolute Gasteiger partial charge is 0.141 e. The molecule has 3 aromatic carbocycles. The topological polar surface area (TPSA) is 44.1 Å². The van der Waals surface area contributed by atoms with Crippen molar-refractivity contribution in [3.63, 3.8) is 0 Å². The average Bonchev–Trinajstić information content (AvgIpc) is 3.23. The molecular formula is C34H36N2O2S. The molecule has 5 aromatic rings. The molecule has 0 amide bonds. The van der Waals surface area contributed by atoms with Gasteiger partial charge >= 0.3 is 0 Å². The molecule has 200 valence electrons. The molecule has 39 heavy (non-hydrogen) atoms. The van der Waals surface area contributed by atoms with Gasteiger partial charge in [0.25, 0.3) is 0 Å². The van der Waals surface area contributed by atoms with Crippen LogP contribution in [0.25, 0.3) is 21.8 Å². The third-order valence-electron chi connectivity index (χ3n) is 6.91. The van der Waals surface area contributed by atoms with Crippen molar-refractivity contribution in [1.29, 1.82) is 0 Å². The molecule has 0 unspecified atom stereocenters. The van der Waals surface area contributed by atoms with Gasteiger partial charge in [0.15, 0.2) is 0 Å². The first-order valence-electron chi connectivity index (χ1n) is 14.0. The van der Waals surface area contributed by atoms with Gasteiger partial charge in [-0.1, -0.05) is 75.4 Å². The highest BCUT2D eigenvalue weighted by molar-refractivity contribution is 8.00. The third kappa shape index (κ3) is 5.74. The lowest BCUT2D eigenvalue weighted by Gasteiger charge is -2.28. The number of pyridine rings is 1. The Bertz CT molecular complexity index is 1670. The first-order chi connectivity index (χ1) is 19.1.